The lowest BCUT2D eigenvalue weighted by Crippen LogP contribution is -2.30. The predicted molar refractivity (Wildman–Crippen MR) is 141 cm³/mol. The van der Waals surface area contributed by atoms with Gasteiger partial charge in [0.25, 0.3) is 0 Å². The molecule has 2 aliphatic rings. The first kappa shape index (κ1) is 23.7. The van der Waals surface area contributed by atoms with E-state index < -0.39 is 0 Å². The number of tetrazole rings is 1. The maximum absolute atomic E-state index is 5.94. The van der Waals surface area contributed by atoms with Crippen molar-refractivity contribution in [2.75, 3.05) is 6.54 Å². The summed E-state index contributed by atoms with van der Waals surface area (Å²) in [5, 5.41) is 16.1. The highest BCUT2D eigenvalue weighted by Gasteiger charge is 2.35. The van der Waals surface area contributed by atoms with Gasteiger partial charge in [-0.3, -0.25) is 0 Å². The van der Waals surface area contributed by atoms with Gasteiger partial charge in [0.15, 0.2) is 11.6 Å². The van der Waals surface area contributed by atoms with Gasteiger partial charge in [0.2, 0.25) is 0 Å². The minimum absolute atomic E-state index is 0.0114. The number of rotatable bonds is 8. The fourth-order valence-electron chi connectivity index (χ4n) is 5.92. The molecule has 0 spiro atoms. The smallest absolute Gasteiger partial charge is 0.182 e. The average molecular weight is 496 g/mol. The van der Waals surface area contributed by atoms with Crippen molar-refractivity contribution in [3.8, 4) is 17.1 Å². The molecule has 1 atom stereocenters. The van der Waals surface area contributed by atoms with Gasteiger partial charge < -0.3 is 10.1 Å². The summed E-state index contributed by atoms with van der Waals surface area (Å²) in [6.45, 7) is 2.25. The number of benzene rings is 2. The first-order valence-corrected chi connectivity index (χ1v) is 13.4. The van der Waals surface area contributed by atoms with Crippen molar-refractivity contribution in [2.45, 2.75) is 69.6 Å². The van der Waals surface area contributed by atoms with E-state index in [0.717, 1.165) is 43.1 Å². The van der Waals surface area contributed by atoms with Crippen molar-refractivity contribution in [3.05, 3.63) is 83.9 Å². The molecule has 6 rings (SSSR count). The molecule has 1 saturated carbocycles. The molecule has 2 aromatic heterocycles. The number of ether oxygens (including phenoxy) is 1. The van der Waals surface area contributed by atoms with Crippen LogP contribution in [0, 0.1) is 0 Å². The third-order valence-electron chi connectivity index (χ3n) is 7.88. The number of hydrogen-bond donors (Lipinski definition) is 1. The van der Waals surface area contributed by atoms with E-state index in [9.17, 15) is 0 Å². The molecule has 190 valence electrons. The molecule has 37 heavy (non-hydrogen) atoms. The van der Waals surface area contributed by atoms with E-state index in [4.69, 9.17) is 4.74 Å². The second-order valence-electron chi connectivity index (χ2n) is 10.2. The van der Waals surface area contributed by atoms with Gasteiger partial charge in [0.1, 0.15) is 12.4 Å². The molecule has 0 radical (unpaired) electrons. The lowest BCUT2D eigenvalue weighted by atomic mass is 9.65. The van der Waals surface area contributed by atoms with Crippen LogP contribution < -0.4 is 10.1 Å². The summed E-state index contributed by atoms with van der Waals surface area (Å²) in [6.07, 6.45) is 11.9. The van der Waals surface area contributed by atoms with Crippen LogP contribution in [0.2, 0.25) is 0 Å². The van der Waals surface area contributed by atoms with Crippen LogP contribution in [0.4, 0.5) is 0 Å². The summed E-state index contributed by atoms with van der Waals surface area (Å²) in [4.78, 5) is 8.48. The fraction of sp³-hybridized carbons (Fsp3) is 0.414. The monoisotopic (exact) mass is 495 g/mol. The second-order valence-corrected chi connectivity index (χ2v) is 10.2. The quantitative estimate of drug-likeness (QED) is 0.378. The Morgan fingerprint density at radius 3 is 2.32 bits per heavy atom. The van der Waals surface area contributed by atoms with Crippen LogP contribution in [0.3, 0.4) is 0 Å². The SMILES string of the molecule is c1cnc(COc2ccc(C3(c4ccc(-c5nnnn5C[C@H]5CCCN5)cc4)CCCCC3)cc2)nc1. The number of aromatic nitrogens is 6. The van der Waals surface area contributed by atoms with Gasteiger partial charge in [-0.2, -0.15) is 0 Å². The maximum Gasteiger partial charge on any atom is 0.182 e. The Hall–Kier alpha value is -3.65. The Balaban J connectivity index is 1.22. The maximum atomic E-state index is 5.94. The Kier molecular flexibility index (Phi) is 6.90. The fourth-order valence-corrected chi connectivity index (χ4v) is 5.92. The summed E-state index contributed by atoms with van der Waals surface area (Å²) in [7, 11) is 0. The van der Waals surface area contributed by atoms with Crippen molar-refractivity contribution in [2.24, 2.45) is 0 Å². The zero-order valence-corrected chi connectivity index (χ0v) is 21.1. The standard InChI is InChI=1S/C29H33N7O/c1-2-15-29(16-3-1,24-11-13-26(14-12-24)37-21-27-31-18-5-19-32-27)23-9-7-22(8-10-23)28-33-34-35-36(28)20-25-6-4-17-30-25/h5,7-14,18-19,25,30H,1-4,6,15-17,20-21H2/t25-/m1/s1. The van der Waals surface area contributed by atoms with Gasteiger partial charge in [-0.05, 0) is 72.0 Å². The molecule has 8 heteroatoms. The van der Waals surface area contributed by atoms with Crippen molar-refractivity contribution in [1.82, 2.24) is 35.5 Å². The van der Waals surface area contributed by atoms with Gasteiger partial charge in [-0.25, -0.2) is 14.6 Å². The minimum atomic E-state index is 0.0114. The van der Waals surface area contributed by atoms with Gasteiger partial charge in [-0.1, -0.05) is 55.7 Å². The molecule has 4 aromatic rings. The first-order valence-electron chi connectivity index (χ1n) is 13.4. The van der Waals surface area contributed by atoms with Crippen molar-refractivity contribution in [1.29, 1.82) is 0 Å². The molecule has 0 bridgehead atoms. The molecule has 1 aliphatic heterocycles. The van der Waals surface area contributed by atoms with Crippen molar-refractivity contribution in [3.63, 3.8) is 0 Å². The molecule has 2 aromatic carbocycles. The predicted octanol–water partition coefficient (Wildman–Crippen LogP) is 4.71. The summed E-state index contributed by atoms with van der Waals surface area (Å²) >= 11 is 0. The Morgan fingerprint density at radius 2 is 1.62 bits per heavy atom. The second kappa shape index (κ2) is 10.8. The van der Waals surface area contributed by atoms with Crippen LogP contribution in [0.25, 0.3) is 11.4 Å². The van der Waals surface area contributed by atoms with Crippen LogP contribution in [0.15, 0.2) is 67.0 Å². The zero-order chi connectivity index (χ0) is 24.9. The normalized spacial score (nSPS) is 19.1. The van der Waals surface area contributed by atoms with Gasteiger partial charge in [0.05, 0.1) is 6.54 Å². The largest absolute Gasteiger partial charge is 0.486 e. The molecule has 8 nitrogen and oxygen atoms in total. The van der Waals surface area contributed by atoms with E-state index in [1.54, 1.807) is 12.4 Å². The van der Waals surface area contributed by atoms with E-state index in [2.05, 4.69) is 79.3 Å². The molecular weight excluding hydrogens is 462 g/mol. The molecule has 1 aliphatic carbocycles. The highest BCUT2D eigenvalue weighted by Crippen LogP contribution is 2.45. The highest BCUT2D eigenvalue weighted by molar-refractivity contribution is 5.56. The summed E-state index contributed by atoms with van der Waals surface area (Å²) < 4.78 is 7.88. The third-order valence-corrected chi connectivity index (χ3v) is 7.88. The number of nitrogens with zero attached hydrogens (tertiary/aromatic N) is 6. The minimum Gasteiger partial charge on any atom is -0.486 e. The lowest BCUT2D eigenvalue weighted by Gasteiger charge is -2.38. The Morgan fingerprint density at radius 1 is 0.892 bits per heavy atom. The average Bonchev–Trinajstić information content (AvgIpc) is 3.66. The Labute approximate surface area is 217 Å². The summed E-state index contributed by atoms with van der Waals surface area (Å²) in [6, 6.07) is 19.8. The first-order chi connectivity index (χ1) is 18.3. The topological polar surface area (TPSA) is 90.6 Å². The van der Waals surface area contributed by atoms with E-state index in [0.29, 0.717) is 18.5 Å². The summed E-state index contributed by atoms with van der Waals surface area (Å²) in [5.41, 5.74) is 3.78. The van der Waals surface area contributed by atoms with Crippen LogP contribution in [-0.2, 0) is 18.6 Å². The number of nitrogens with one attached hydrogen (secondary N) is 1. The zero-order valence-electron chi connectivity index (χ0n) is 21.1. The molecule has 2 fully saturated rings. The van der Waals surface area contributed by atoms with E-state index in [1.807, 2.05) is 10.7 Å². The van der Waals surface area contributed by atoms with Crippen LogP contribution in [-0.4, -0.2) is 42.8 Å². The summed E-state index contributed by atoms with van der Waals surface area (Å²) in [5.74, 6) is 2.35. The number of hydrogen-bond acceptors (Lipinski definition) is 7. The van der Waals surface area contributed by atoms with Gasteiger partial charge >= 0.3 is 0 Å². The van der Waals surface area contributed by atoms with E-state index in [-0.39, 0.29) is 5.41 Å². The molecule has 3 heterocycles. The highest BCUT2D eigenvalue weighted by atomic mass is 16.5. The van der Waals surface area contributed by atoms with Gasteiger partial charge in [-0.15, -0.1) is 5.10 Å². The van der Waals surface area contributed by atoms with Crippen LogP contribution in [0.1, 0.15) is 61.9 Å². The van der Waals surface area contributed by atoms with Crippen molar-refractivity contribution < 1.29 is 4.74 Å². The van der Waals surface area contributed by atoms with Crippen LogP contribution >= 0.6 is 0 Å². The van der Waals surface area contributed by atoms with Gasteiger partial charge in [0, 0.05) is 29.4 Å². The molecule has 1 N–H and O–H groups in total. The Bertz CT molecular complexity index is 1280. The third kappa shape index (κ3) is 5.11. The van der Waals surface area contributed by atoms with Crippen molar-refractivity contribution >= 4 is 0 Å². The molecular formula is C29H33N7O. The van der Waals surface area contributed by atoms with Crippen LogP contribution in [0.5, 0.6) is 5.75 Å². The molecule has 0 unspecified atom stereocenters. The molecule has 0 amide bonds. The molecule has 1 saturated heterocycles. The lowest BCUT2D eigenvalue weighted by molar-refractivity contribution is 0.295. The van der Waals surface area contributed by atoms with E-state index >= 15 is 0 Å². The van der Waals surface area contributed by atoms with E-state index in [1.165, 1.54) is 43.2 Å².